The van der Waals surface area contributed by atoms with E-state index in [9.17, 15) is 36.0 Å². The van der Waals surface area contributed by atoms with Crippen LogP contribution in [0.25, 0.3) is 10.4 Å². The van der Waals surface area contributed by atoms with Crippen molar-refractivity contribution in [1.82, 2.24) is 10.6 Å². The fourth-order valence-corrected chi connectivity index (χ4v) is 6.98. The number of hydrogen-bond donors (Lipinski definition) is 3. The molecule has 3 amide bonds. The van der Waals surface area contributed by atoms with Crippen molar-refractivity contribution in [1.29, 1.82) is 0 Å². The summed E-state index contributed by atoms with van der Waals surface area (Å²) in [5, 5.41) is 11.0. The molecule has 1 aliphatic carbocycles. The Morgan fingerprint density at radius 3 is 2.35 bits per heavy atom. The van der Waals surface area contributed by atoms with E-state index < -0.39 is 75.2 Å². The Hall–Kier alpha value is -3.95. The molecule has 17 heteroatoms. The number of hydrogen-bond acceptors (Lipinski definition) is 8. The van der Waals surface area contributed by atoms with Crippen LogP contribution in [0.2, 0.25) is 0 Å². The van der Waals surface area contributed by atoms with E-state index in [1.165, 1.54) is 23.9 Å². The number of ether oxygens (including phenoxy) is 1. The molecule has 0 unspecified atom stereocenters. The first-order valence-electron chi connectivity index (χ1n) is 14.1. The van der Waals surface area contributed by atoms with Crippen molar-refractivity contribution >= 4 is 45.2 Å². The molecule has 46 heavy (non-hydrogen) atoms. The topological polar surface area (TPSA) is 179 Å². The van der Waals surface area contributed by atoms with Crippen LogP contribution in [-0.2, 0) is 25.5 Å². The Kier molecular flexibility index (Phi) is 12.0. The van der Waals surface area contributed by atoms with Gasteiger partial charge in [0.05, 0.1) is 34.0 Å². The smallest absolute Gasteiger partial charge is 0.416 e. The highest BCUT2D eigenvalue weighted by Crippen LogP contribution is 2.33. The van der Waals surface area contributed by atoms with Crippen LogP contribution in [0, 0.1) is 5.92 Å². The highest BCUT2D eigenvalue weighted by Gasteiger charge is 2.35. The predicted octanol–water partition coefficient (Wildman–Crippen LogP) is 5.94. The lowest BCUT2D eigenvalue weighted by Crippen LogP contribution is -2.49. The minimum Gasteiger partial charge on any atom is -0.444 e. The number of amides is 3. The van der Waals surface area contributed by atoms with Gasteiger partial charge in [-0.3, -0.25) is 14.9 Å². The fourth-order valence-electron chi connectivity index (χ4n) is 4.90. The van der Waals surface area contributed by atoms with E-state index in [4.69, 9.17) is 10.3 Å². The van der Waals surface area contributed by atoms with E-state index in [1.54, 1.807) is 32.9 Å². The van der Waals surface area contributed by atoms with E-state index in [0.717, 1.165) is 11.0 Å². The maximum absolute atomic E-state index is 13.4. The second kappa shape index (κ2) is 15.1. The number of benzene rings is 2. The first-order valence-corrected chi connectivity index (χ1v) is 17.0. The number of rotatable bonds is 10. The number of halogens is 3. The van der Waals surface area contributed by atoms with Gasteiger partial charge in [0.2, 0.25) is 5.91 Å². The van der Waals surface area contributed by atoms with Crippen molar-refractivity contribution in [2.75, 3.05) is 23.9 Å². The Bertz CT molecular complexity index is 1590. The molecule has 0 heterocycles. The summed E-state index contributed by atoms with van der Waals surface area (Å²) < 4.78 is 71.9. The average Bonchev–Trinajstić information content (AvgIpc) is 2.96. The van der Waals surface area contributed by atoms with E-state index in [2.05, 4.69) is 26.0 Å². The first kappa shape index (κ1) is 36.5. The summed E-state index contributed by atoms with van der Waals surface area (Å²) >= 11 is 1.46. The third kappa shape index (κ3) is 10.6. The van der Waals surface area contributed by atoms with Gasteiger partial charge in [0.15, 0.2) is 9.84 Å². The van der Waals surface area contributed by atoms with Crippen molar-refractivity contribution in [2.45, 2.75) is 73.7 Å². The third-order valence-electron chi connectivity index (χ3n) is 7.00. The fraction of sp³-hybridized carbons (Fsp3) is 0.483. The molecule has 3 N–H and O–H groups in total. The first-order chi connectivity index (χ1) is 21.4. The largest absolute Gasteiger partial charge is 0.444 e. The quantitative estimate of drug-likeness (QED) is 0.120. The summed E-state index contributed by atoms with van der Waals surface area (Å²) in [6, 6.07) is 7.36. The molecule has 2 aromatic carbocycles. The van der Waals surface area contributed by atoms with Gasteiger partial charge < -0.3 is 15.4 Å². The maximum atomic E-state index is 13.4. The zero-order chi connectivity index (χ0) is 34.3. The van der Waals surface area contributed by atoms with Gasteiger partial charge in [-0.05, 0) is 100 Å². The van der Waals surface area contributed by atoms with Crippen LogP contribution in [0.5, 0.6) is 0 Å². The summed E-state index contributed by atoms with van der Waals surface area (Å²) in [6.45, 7) is 4.08. The van der Waals surface area contributed by atoms with Crippen molar-refractivity contribution in [2.24, 2.45) is 11.0 Å². The lowest BCUT2D eigenvalue weighted by atomic mass is 9.83. The molecular formula is C29H35F3N6O6S2. The number of carbonyl (C=O) groups is 3. The second-order valence-corrected chi connectivity index (χ2v) is 14.5. The highest BCUT2D eigenvalue weighted by atomic mass is 32.2. The molecule has 0 aromatic heterocycles. The Morgan fingerprint density at radius 2 is 1.76 bits per heavy atom. The van der Waals surface area contributed by atoms with Gasteiger partial charge in [-0.15, -0.1) is 11.8 Å². The van der Waals surface area contributed by atoms with Crippen LogP contribution in [0.3, 0.4) is 0 Å². The Labute approximate surface area is 268 Å². The molecule has 3 rings (SSSR count). The molecular weight excluding hydrogens is 649 g/mol. The summed E-state index contributed by atoms with van der Waals surface area (Å²) in [5.74, 6) is -2.78. The van der Waals surface area contributed by atoms with Crippen LogP contribution in [0.15, 0.2) is 57.4 Å². The van der Waals surface area contributed by atoms with Crippen molar-refractivity contribution < 1.29 is 40.7 Å². The van der Waals surface area contributed by atoms with Gasteiger partial charge in [-0.2, -0.15) is 13.2 Å². The van der Waals surface area contributed by atoms with Gasteiger partial charge in [0.1, 0.15) is 5.60 Å². The van der Waals surface area contributed by atoms with E-state index in [0.29, 0.717) is 18.6 Å². The summed E-state index contributed by atoms with van der Waals surface area (Å²) in [7, 11) is -3.80. The lowest BCUT2D eigenvalue weighted by molar-refractivity contribution is -0.137. The van der Waals surface area contributed by atoms with Gasteiger partial charge in [-0.1, -0.05) is 5.11 Å². The number of carbonyl (C=O) groups excluding carboxylic acids is 3. The SMILES string of the molecule is CSc1ccc(S(=O)(=O)C[C@H]2C[C@@H](N=[N+]=[N-])CC[C@@H]2NC(=O)CNC(=O)c2cc(C(F)(F)F)ccc2NC(=O)OC(C)(C)C)cc1. The Balaban J connectivity index is 1.74. The minimum atomic E-state index is -4.79. The van der Waals surface area contributed by atoms with Crippen LogP contribution in [-0.4, -0.2) is 62.6 Å². The second-order valence-electron chi connectivity index (χ2n) is 11.6. The molecule has 0 aliphatic heterocycles. The number of nitrogens with one attached hydrogen (secondary N) is 3. The van der Waals surface area contributed by atoms with Crippen molar-refractivity contribution in [3.8, 4) is 0 Å². The monoisotopic (exact) mass is 684 g/mol. The molecule has 0 bridgehead atoms. The molecule has 1 fully saturated rings. The number of thioether (sulfide) groups is 1. The third-order valence-corrected chi connectivity index (χ3v) is 9.61. The zero-order valence-electron chi connectivity index (χ0n) is 25.6. The number of sulfone groups is 1. The average molecular weight is 685 g/mol. The normalized spacial score (nSPS) is 18.5. The number of nitrogens with zero attached hydrogens (tertiary/aromatic N) is 3. The van der Waals surface area contributed by atoms with E-state index in [-0.39, 0.29) is 29.2 Å². The van der Waals surface area contributed by atoms with Crippen LogP contribution in [0.4, 0.5) is 23.7 Å². The molecule has 0 saturated heterocycles. The van der Waals surface area contributed by atoms with Gasteiger partial charge in [0.25, 0.3) is 5.91 Å². The number of azide groups is 1. The molecule has 0 radical (unpaired) electrons. The van der Waals surface area contributed by atoms with Crippen LogP contribution in [0.1, 0.15) is 56.0 Å². The van der Waals surface area contributed by atoms with Crippen LogP contribution < -0.4 is 16.0 Å². The van der Waals surface area contributed by atoms with Crippen molar-refractivity contribution in [3.63, 3.8) is 0 Å². The molecule has 1 saturated carbocycles. The Morgan fingerprint density at radius 1 is 1.09 bits per heavy atom. The molecule has 1 aliphatic rings. The molecule has 2 aromatic rings. The maximum Gasteiger partial charge on any atom is 0.416 e. The van der Waals surface area contributed by atoms with E-state index >= 15 is 0 Å². The van der Waals surface area contributed by atoms with Crippen LogP contribution >= 0.6 is 11.8 Å². The summed E-state index contributed by atoms with van der Waals surface area (Å²) in [4.78, 5) is 42.0. The lowest BCUT2D eigenvalue weighted by Gasteiger charge is -2.35. The van der Waals surface area contributed by atoms with E-state index in [1.807, 2.05) is 6.26 Å². The summed E-state index contributed by atoms with van der Waals surface area (Å²) in [6.07, 6.45) is -3.09. The molecule has 250 valence electrons. The molecule has 12 nitrogen and oxygen atoms in total. The number of anilines is 1. The molecule has 0 spiro atoms. The molecule has 3 atom stereocenters. The summed E-state index contributed by atoms with van der Waals surface area (Å²) in [5.41, 5.74) is 6.00. The highest BCUT2D eigenvalue weighted by molar-refractivity contribution is 7.98. The van der Waals surface area contributed by atoms with Gasteiger partial charge in [-0.25, -0.2) is 13.2 Å². The predicted molar refractivity (Wildman–Crippen MR) is 166 cm³/mol. The number of alkyl halides is 3. The van der Waals surface area contributed by atoms with Gasteiger partial charge >= 0.3 is 12.3 Å². The van der Waals surface area contributed by atoms with Gasteiger partial charge in [0, 0.05) is 21.9 Å². The zero-order valence-corrected chi connectivity index (χ0v) is 27.2. The minimum absolute atomic E-state index is 0.102. The standard InChI is InChI=1S/C29H35F3N6O6S2/c1-28(2,3)44-27(41)36-24-11-5-18(29(30,31)32)14-22(24)26(40)34-15-25(39)35-23-12-6-19(37-38-33)13-17(23)16-46(42,43)21-9-7-20(45-4)8-10-21/h5,7-11,14,17,19,23H,6,12-13,15-16H2,1-4H3,(H,34,40)(H,35,39)(H,36,41)/t17-,19+,23+/m1/s1. The van der Waals surface area contributed by atoms with Crippen molar-refractivity contribution in [3.05, 3.63) is 64.0 Å².